The third-order valence-corrected chi connectivity index (χ3v) is 5.63. The maximum Gasteiger partial charge on any atom is 0.295 e. The molecule has 1 saturated heterocycles. The van der Waals surface area contributed by atoms with E-state index in [4.69, 9.17) is 0 Å². The van der Waals surface area contributed by atoms with E-state index < -0.39 is 17.7 Å². The minimum absolute atomic E-state index is 0.125. The van der Waals surface area contributed by atoms with Crippen molar-refractivity contribution in [1.82, 2.24) is 14.8 Å². The molecule has 2 aromatic rings. The molecule has 1 aromatic carbocycles. The van der Waals surface area contributed by atoms with E-state index in [9.17, 15) is 14.7 Å². The first kappa shape index (κ1) is 21.7. The van der Waals surface area contributed by atoms with Crippen LogP contribution in [0.5, 0.6) is 0 Å². The topological polar surface area (TPSA) is 73.7 Å². The molecule has 1 aliphatic heterocycles. The van der Waals surface area contributed by atoms with Gasteiger partial charge in [-0.05, 0) is 44.6 Å². The van der Waals surface area contributed by atoms with Crippen LogP contribution < -0.4 is 0 Å². The number of pyridine rings is 1. The number of aromatic nitrogens is 1. The van der Waals surface area contributed by atoms with E-state index in [1.807, 2.05) is 25.1 Å². The van der Waals surface area contributed by atoms with Crippen molar-refractivity contribution in [3.63, 3.8) is 0 Å². The molecule has 158 valence electrons. The first-order valence-electron chi connectivity index (χ1n) is 10.5. The minimum atomic E-state index is -0.648. The van der Waals surface area contributed by atoms with Crippen molar-refractivity contribution in [2.75, 3.05) is 26.2 Å². The Morgan fingerprint density at radius 2 is 1.83 bits per heavy atom. The molecule has 0 radical (unpaired) electrons. The molecule has 1 atom stereocenters. The van der Waals surface area contributed by atoms with Gasteiger partial charge in [-0.25, -0.2) is 0 Å². The Kier molecular flexibility index (Phi) is 7.00. The fraction of sp³-hybridized carbons (Fsp3) is 0.375. The van der Waals surface area contributed by atoms with Crippen molar-refractivity contribution in [3.05, 3.63) is 71.1 Å². The predicted octanol–water partition coefficient (Wildman–Crippen LogP) is 3.54. The Balaban J connectivity index is 1.99. The van der Waals surface area contributed by atoms with E-state index in [1.54, 1.807) is 35.5 Å². The van der Waals surface area contributed by atoms with Crippen LogP contribution in [0.1, 0.15) is 43.0 Å². The number of carbonyl (C=O) groups excluding carboxylic acids is 2. The standard InChI is InChI=1S/C24H29N3O3/c1-4-26(5-2)14-7-15-27-21(19-8-6-13-25-16-19)20(23(29)24(27)30)22(28)18-11-9-17(3)10-12-18/h6,8-13,16,21,28H,4-5,7,14-15H2,1-3H3. The summed E-state index contributed by atoms with van der Waals surface area (Å²) in [7, 11) is 0. The summed E-state index contributed by atoms with van der Waals surface area (Å²) in [5.41, 5.74) is 2.41. The lowest BCUT2D eigenvalue weighted by atomic mass is 9.96. The molecule has 6 nitrogen and oxygen atoms in total. The van der Waals surface area contributed by atoms with Gasteiger partial charge >= 0.3 is 0 Å². The number of ketones is 1. The third kappa shape index (κ3) is 4.44. The van der Waals surface area contributed by atoms with Crippen LogP contribution in [0.3, 0.4) is 0 Å². The zero-order valence-electron chi connectivity index (χ0n) is 17.8. The van der Waals surface area contributed by atoms with Gasteiger partial charge < -0.3 is 14.9 Å². The normalized spacial score (nSPS) is 18.4. The lowest BCUT2D eigenvalue weighted by Gasteiger charge is -2.26. The third-order valence-electron chi connectivity index (χ3n) is 5.63. The summed E-state index contributed by atoms with van der Waals surface area (Å²) in [4.78, 5) is 33.9. The molecular formula is C24H29N3O3. The zero-order valence-corrected chi connectivity index (χ0v) is 17.8. The number of Topliss-reactive ketones (excluding diaryl/α,β-unsaturated/α-hetero) is 1. The number of likely N-dealkylation sites (tertiary alicyclic amines) is 1. The molecule has 1 N–H and O–H groups in total. The second kappa shape index (κ2) is 9.67. The maximum atomic E-state index is 13.0. The summed E-state index contributed by atoms with van der Waals surface area (Å²) in [6.45, 7) is 9.32. The number of amides is 1. The molecule has 1 aromatic heterocycles. The Labute approximate surface area is 177 Å². The van der Waals surface area contributed by atoms with Crippen LogP contribution in [-0.4, -0.2) is 57.8 Å². The lowest BCUT2D eigenvalue weighted by Crippen LogP contribution is -2.33. The number of rotatable bonds is 8. The van der Waals surface area contributed by atoms with Crippen LogP contribution in [0.15, 0.2) is 54.4 Å². The minimum Gasteiger partial charge on any atom is -0.507 e. The number of nitrogens with zero attached hydrogens (tertiary/aromatic N) is 3. The highest BCUT2D eigenvalue weighted by atomic mass is 16.3. The van der Waals surface area contributed by atoms with E-state index in [0.29, 0.717) is 17.7 Å². The van der Waals surface area contributed by atoms with E-state index in [-0.39, 0.29) is 11.3 Å². The first-order chi connectivity index (χ1) is 14.5. The summed E-state index contributed by atoms with van der Waals surface area (Å²) >= 11 is 0. The Morgan fingerprint density at radius 1 is 1.13 bits per heavy atom. The number of aliphatic hydroxyl groups is 1. The molecule has 30 heavy (non-hydrogen) atoms. The van der Waals surface area contributed by atoms with Crippen LogP contribution in [0, 0.1) is 6.92 Å². The molecule has 1 unspecified atom stereocenters. The largest absolute Gasteiger partial charge is 0.507 e. The lowest BCUT2D eigenvalue weighted by molar-refractivity contribution is -0.140. The van der Waals surface area contributed by atoms with Gasteiger partial charge in [0.2, 0.25) is 0 Å². The molecule has 1 aliphatic rings. The van der Waals surface area contributed by atoms with Gasteiger partial charge in [-0.1, -0.05) is 49.7 Å². The van der Waals surface area contributed by atoms with Gasteiger partial charge in [0, 0.05) is 24.5 Å². The SMILES string of the molecule is CCN(CC)CCCN1C(=O)C(=O)C(=C(O)c2ccc(C)cc2)C1c1cccnc1. The molecule has 1 amide bonds. The Bertz CT molecular complexity index is 918. The summed E-state index contributed by atoms with van der Waals surface area (Å²) in [5.74, 6) is -1.37. The fourth-order valence-electron chi connectivity index (χ4n) is 3.87. The number of aryl methyl sites for hydroxylation is 1. The van der Waals surface area contributed by atoms with Gasteiger partial charge in [-0.3, -0.25) is 14.6 Å². The average molecular weight is 408 g/mol. The van der Waals surface area contributed by atoms with Crippen molar-refractivity contribution in [2.24, 2.45) is 0 Å². The van der Waals surface area contributed by atoms with E-state index in [0.717, 1.165) is 31.6 Å². The van der Waals surface area contributed by atoms with Crippen molar-refractivity contribution >= 4 is 17.4 Å². The van der Waals surface area contributed by atoms with Gasteiger partial charge in [-0.2, -0.15) is 0 Å². The molecule has 0 saturated carbocycles. The highest BCUT2D eigenvalue weighted by Gasteiger charge is 2.45. The number of hydrogen-bond acceptors (Lipinski definition) is 5. The smallest absolute Gasteiger partial charge is 0.295 e. The van der Waals surface area contributed by atoms with Crippen LogP contribution in [-0.2, 0) is 9.59 Å². The molecule has 3 rings (SSSR count). The fourth-order valence-corrected chi connectivity index (χ4v) is 3.87. The van der Waals surface area contributed by atoms with Crippen molar-refractivity contribution in [2.45, 2.75) is 33.2 Å². The molecule has 0 bridgehead atoms. The summed E-state index contributed by atoms with van der Waals surface area (Å²) in [6, 6.07) is 10.2. The van der Waals surface area contributed by atoms with Gasteiger partial charge in [0.15, 0.2) is 0 Å². The number of benzene rings is 1. The second-order valence-electron chi connectivity index (χ2n) is 7.53. The van der Waals surface area contributed by atoms with Crippen LogP contribution >= 0.6 is 0 Å². The van der Waals surface area contributed by atoms with Crippen molar-refractivity contribution in [3.8, 4) is 0 Å². The highest BCUT2D eigenvalue weighted by Crippen LogP contribution is 2.39. The van der Waals surface area contributed by atoms with Crippen molar-refractivity contribution < 1.29 is 14.7 Å². The summed E-state index contributed by atoms with van der Waals surface area (Å²) in [5, 5.41) is 11.0. The molecule has 0 aliphatic carbocycles. The molecule has 2 heterocycles. The number of hydrogen-bond donors (Lipinski definition) is 1. The van der Waals surface area contributed by atoms with E-state index in [1.165, 1.54) is 0 Å². The highest BCUT2D eigenvalue weighted by molar-refractivity contribution is 6.46. The zero-order chi connectivity index (χ0) is 21.7. The summed E-state index contributed by atoms with van der Waals surface area (Å²) < 4.78 is 0. The van der Waals surface area contributed by atoms with Crippen LogP contribution in [0.2, 0.25) is 0 Å². The quantitative estimate of drug-likeness (QED) is 0.412. The van der Waals surface area contributed by atoms with Gasteiger partial charge in [0.05, 0.1) is 11.6 Å². The van der Waals surface area contributed by atoms with Gasteiger partial charge in [-0.15, -0.1) is 0 Å². The Hall–Kier alpha value is -2.99. The predicted molar refractivity (Wildman–Crippen MR) is 117 cm³/mol. The monoisotopic (exact) mass is 407 g/mol. The van der Waals surface area contributed by atoms with E-state index >= 15 is 0 Å². The van der Waals surface area contributed by atoms with Crippen molar-refractivity contribution in [1.29, 1.82) is 0 Å². The van der Waals surface area contributed by atoms with Gasteiger partial charge in [0.25, 0.3) is 11.7 Å². The molecular weight excluding hydrogens is 378 g/mol. The molecule has 0 spiro atoms. The first-order valence-corrected chi connectivity index (χ1v) is 10.5. The number of aliphatic hydroxyl groups excluding tert-OH is 1. The van der Waals surface area contributed by atoms with E-state index in [2.05, 4.69) is 23.7 Å². The van der Waals surface area contributed by atoms with Crippen LogP contribution in [0.25, 0.3) is 5.76 Å². The van der Waals surface area contributed by atoms with Gasteiger partial charge in [0.1, 0.15) is 5.76 Å². The van der Waals surface area contributed by atoms with Crippen LogP contribution in [0.4, 0.5) is 0 Å². The molecule has 1 fully saturated rings. The average Bonchev–Trinajstić information content (AvgIpc) is 3.02. The second-order valence-corrected chi connectivity index (χ2v) is 7.53. The Morgan fingerprint density at radius 3 is 2.43 bits per heavy atom. The maximum absolute atomic E-state index is 13.0. The number of carbonyl (C=O) groups is 2. The molecule has 6 heteroatoms. The summed E-state index contributed by atoms with van der Waals surface area (Å²) in [6.07, 6.45) is 4.04.